The van der Waals surface area contributed by atoms with E-state index < -0.39 is 11.9 Å². The first-order chi connectivity index (χ1) is 18.5. The minimum absolute atomic E-state index is 0.223. The van der Waals surface area contributed by atoms with Crippen molar-refractivity contribution in [3.05, 3.63) is 96.0 Å². The van der Waals surface area contributed by atoms with Crippen molar-refractivity contribution >= 4 is 28.3 Å². The molecule has 0 bridgehead atoms. The van der Waals surface area contributed by atoms with Gasteiger partial charge in [-0.25, -0.2) is 9.97 Å². The summed E-state index contributed by atoms with van der Waals surface area (Å²) < 4.78 is 5.19. The number of nitrogens with zero attached hydrogens (tertiary/aromatic N) is 3. The number of hydrogen-bond acceptors (Lipinski definition) is 6. The Bertz CT molecular complexity index is 1450. The molecular formula is C30H27N3O4S. The van der Waals surface area contributed by atoms with Gasteiger partial charge in [-0.1, -0.05) is 66.7 Å². The second-order valence-electron chi connectivity index (χ2n) is 9.03. The summed E-state index contributed by atoms with van der Waals surface area (Å²) in [6.45, 7) is 0.341. The molecule has 0 saturated carbocycles. The third kappa shape index (κ3) is 5.35. The van der Waals surface area contributed by atoms with Crippen LogP contribution in [0.3, 0.4) is 0 Å². The summed E-state index contributed by atoms with van der Waals surface area (Å²) in [5.41, 5.74) is 4.51. The predicted molar refractivity (Wildman–Crippen MR) is 148 cm³/mol. The minimum Gasteiger partial charge on any atom is -0.481 e. The fourth-order valence-corrected chi connectivity index (χ4v) is 5.68. The number of methoxy groups -OCH3 is 1. The Labute approximate surface area is 225 Å². The van der Waals surface area contributed by atoms with E-state index in [4.69, 9.17) is 9.72 Å². The normalized spacial score (nSPS) is 17.6. The number of carbonyl (C=O) groups is 2. The van der Waals surface area contributed by atoms with Crippen LogP contribution in [0.1, 0.15) is 24.3 Å². The van der Waals surface area contributed by atoms with Crippen molar-refractivity contribution in [2.45, 2.75) is 18.8 Å². The first-order valence-corrected chi connectivity index (χ1v) is 13.2. The zero-order chi connectivity index (χ0) is 26.5. The van der Waals surface area contributed by atoms with Gasteiger partial charge in [-0.2, -0.15) is 0 Å². The molecule has 0 fully saturated rings. The van der Waals surface area contributed by atoms with Gasteiger partial charge in [0.2, 0.25) is 11.8 Å². The molecule has 2 aromatic heterocycles. The minimum atomic E-state index is -0.990. The van der Waals surface area contributed by atoms with E-state index in [2.05, 4.69) is 4.98 Å². The molecule has 1 aliphatic heterocycles. The van der Waals surface area contributed by atoms with E-state index in [0.717, 1.165) is 27.9 Å². The Balaban J connectivity index is 1.49. The molecule has 1 aliphatic rings. The van der Waals surface area contributed by atoms with Crippen LogP contribution in [-0.2, 0) is 9.59 Å². The monoisotopic (exact) mass is 525 g/mol. The summed E-state index contributed by atoms with van der Waals surface area (Å²) in [7, 11) is 1.58. The molecule has 1 amide bonds. The number of thiazole rings is 1. The van der Waals surface area contributed by atoms with Crippen molar-refractivity contribution in [2.24, 2.45) is 5.92 Å². The number of pyridine rings is 1. The van der Waals surface area contributed by atoms with E-state index in [9.17, 15) is 14.7 Å². The third-order valence-electron chi connectivity index (χ3n) is 6.72. The van der Waals surface area contributed by atoms with Crippen LogP contribution < -0.4 is 9.64 Å². The van der Waals surface area contributed by atoms with Gasteiger partial charge in [0, 0.05) is 35.3 Å². The molecule has 0 spiro atoms. The van der Waals surface area contributed by atoms with Crippen LogP contribution in [0.5, 0.6) is 5.88 Å². The van der Waals surface area contributed by atoms with E-state index in [-0.39, 0.29) is 18.2 Å². The molecule has 2 unspecified atom stereocenters. The fourth-order valence-electron chi connectivity index (χ4n) is 4.84. The molecule has 192 valence electrons. The van der Waals surface area contributed by atoms with Gasteiger partial charge in [-0.05, 0) is 29.5 Å². The summed E-state index contributed by atoms with van der Waals surface area (Å²) in [5.74, 6) is -1.61. The molecule has 5 rings (SSSR count). The highest BCUT2D eigenvalue weighted by Crippen LogP contribution is 2.38. The second-order valence-corrected chi connectivity index (χ2v) is 9.86. The zero-order valence-corrected chi connectivity index (χ0v) is 21.7. The number of hydrogen-bond donors (Lipinski definition) is 1. The number of anilines is 1. The lowest BCUT2D eigenvalue weighted by molar-refractivity contribution is -0.141. The van der Waals surface area contributed by atoms with Gasteiger partial charge < -0.3 is 9.84 Å². The molecule has 2 aromatic carbocycles. The SMILES string of the molecule is COc1ccc(-c2ccccc2-c2csc(N3CC=CCC(c4ccccc4)C(CC(=O)O)C3=O)n2)cn1. The summed E-state index contributed by atoms with van der Waals surface area (Å²) in [5, 5.41) is 12.2. The first kappa shape index (κ1) is 25.4. The molecule has 1 N–H and O–H groups in total. The van der Waals surface area contributed by atoms with E-state index in [1.165, 1.54) is 11.3 Å². The highest BCUT2D eigenvalue weighted by Gasteiger charge is 2.36. The number of benzene rings is 2. The first-order valence-electron chi connectivity index (χ1n) is 12.3. The Hall–Kier alpha value is -4.30. The molecule has 38 heavy (non-hydrogen) atoms. The second kappa shape index (κ2) is 11.4. The van der Waals surface area contributed by atoms with Crippen molar-refractivity contribution in [1.82, 2.24) is 9.97 Å². The highest BCUT2D eigenvalue weighted by molar-refractivity contribution is 7.14. The summed E-state index contributed by atoms with van der Waals surface area (Å²) >= 11 is 1.38. The standard InChI is InChI=1S/C30H27N3O4S/c1-37-27-15-14-21(18-31-27)23-11-5-6-13-24(23)26-19-38-30(32-26)33-16-8-7-12-22(20-9-3-2-4-10-20)25(29(33)36)17-28(34)35/h2-11,13-15,18-19,22,25H,12,16-17H2,1H3,(H,34,35). The Morgan fingerprint density at radius 1 is 1.05 bits per heavy atom. The average molecular weight is 526 g/mol. The Morgan fingerprint density at radius 2 is 1.82 bits per heavy atom. The van der Waals surface area contributed by atoms with Gasteiger partial charge in [0.25, 0.3) is 0 Å². The van der Waals surface area contributed by atoms with Crippen molar-refractivity contribution < 1.29 is 19.4 Å². The van der Waals surface area contributed by atoms with Crippen LogP contribution in [0.4, 0.5) is 5.13 Å². The van der Waals surface area contributed by atoms with Crippen LogP contribution in [0.15, 0.2) is 90.5 Å². The van der Waals surface area contributed by atoms with Crippen LogP contribution in [-0.4, -0.2) is 40.6 Å². The number of allylic oxidation sites excluding steroid dienone is 1. The Kier molecular flexibility index (Phi) is 7.60. The molecule has 3 heterocycles. The quantitative estimate of drug-likeness (QED) is 0.295. The number of aromatic nitrogens is 2. The summed E-state index contributed by atoms with van der Waals surface area (Å²) in [6, 6.07) is 21.3. The third-order valence-corrected chi connectivity index (χ3v) is 7.58. The molecule has 4 aromatic rings. The highest BCUT2D eigenvalue weighted by atomic mass is 32.1. The van der Waals surface area contributed by atoms with Crippen LogP contribution in [0, 0.1) is 5.92 Å². The van der Waals surface area contributed by atoms with Gasteiger partial charge in [0.15, 0.2) is 5.13 Å². The van der Waals surface area contributed by atoms with Gasteiger partial charge in [-0.3, -0.25) is 14.5 Å². The number of rotatable bonds is 7. The number of amides is 1. The van der Waals surface area contributed by atoms with Crippen LogP contribution in [0.25, 0.3) is 22.4 Å². The smallest absolute Gasteiger partial charge is 0.304 e. The van der Waals surface area contributed by atoms with Crippen molar-refractivity contribution in [3.63, 3.8) is 0 Å². The lowest BCUT2D eigenvalue weighted by Crippen LogP contribution is -2.40. The number of ether oxygens (including phenoxy) is 1. The maximum absolute atomic E-state index is 13.9. The van der Waals surface area contributed by atoms with Crippen LogP contribution in [0.2, 0.25) is 0 Å². The van der Waals surface area contributed by atoms with Crippen molar-refractivity contribution in [3.8, 4) is 28.3 Å². The topological polar surface area (TPSA) is 92.6 Å². The maximum Gasteiger partial charge on any atom is 0.304 e. The molecule has 7 nitrogen and oxygen atoms in total. The van der Waals surface area contributed by atoms with E-state index in [0.29, 0.717) is 24.0 Å². The lowest BCUT2D eigenvalue weighted by Gasteiger charge is -2.31. The Morgan fingerprint density at radius 3 is 2.53 bits per heavy atom. The summed E-state index contributed by atoms with van der Waals surface area (Å²) in [4.78, 5) is 36.5. The molecule has 8 heteroatoms. The number of carboxylic acids is 1. The van der Waals surface area contributed by atoms with Gasteiger partial charge in [0.05, 0.1) is 25.1 Å². The number of aliphatic carboxylic acids is 1. The van der Waals surface area contributed by atoms with Crippen molar-refractivity contribution in [2.75, 3.05) is 18.6 Å². The number of carbonyl (C=O) groups excluding carboxylic acids is 1. The van der Waals surface area contributed by atoms with E-state index >= 15 is 0 Å². The molecule has 0 aliphatic carbocycles. The summed E-state index contributed by atoms with van der Waals surface area (Å²) in [6.07, 6.45) is 6.12. The molecular weight excluding hydrogens is 498 g/mol. The van der Waals surface area contributed by atoms with Crippen LogP contribution >= 0.6 is 11.3 Å². The van der Waals surface area contributed by atoms with Gasteiger partial charge >= 0.3 is 5.97 Å². The lowest BCUT2D eigenvalue weighted by atomic mass is 9.80. The predicted octanol–water partition coefficient (Wildman–Crippen LogP) is 6.05. The fraction of sp³-hybridized carbons (Fsp3) is 0.200. The molecule has 2 atom stereocenters. The van der Waals surface area contributed by atoms with Crippen molar-refractivity contribution in [1.29, 1.82) is 0 Å². The van der Waals surface area contributed by atoms with E-state index in [1.54, 1.807) is 18.2 Å². The zero-order valence-electron chi connectivity index (χ0n) is 20.9. The van der Waals surface area contributed by atoms with Gasteiger partial charge in [-0.15, -0.1) is 11.3 Å². The molecule has 0 saturated heterocycles. The maximum atomic E-state index is 13.9. The molecule has 0 radical (unpaired) electrons. The van der Waals surface area contributed by atoms with E-state index in [1.807, 2.05) is 84.3 Å². The largest absolute Gasteiger partial charge is 0.481 e. The average Bonchev–Trinajstić information content (AvgIpc) is 3.43. The van der Waals surface area contributed by atoms with Gasteiger partial charge in [0.1, 0.15) is 0 Å². The number of carboxylic acid groups (broad SMARTS) is 1.